The molecule has 3 aromatic heterocycles. The fourth-order valence-corrected chi connectivity index (χ4v) is 5.11. The van der Waals surface area contributed by atoms with Crippen LogP contribution in [0.3, 0.4) is 0 Å². The van der Waals surface area contributed by atoms with Crippen molar-refractivity contribution in [3.8, 4) is 33.8 Å². The molecule has 0 saturated carbocycles. The van der Waals surface area contributed by atoms with Crippen LogP contribution in [-0.4, -0.2) is 20.4 Å². The first-order chi connectivity index (χ1) is 18.9. The van der Waals surface area contributed by atoms with Crippen molar-refractivity contribution < 1.29 is 4.42 Å². The van der Waals surface area contributed by atoms with Gasteiger partial charge < -0.3 is 4.42 Å². The fourth-order valence-electron chi connectivity index (χ4n) is 4.92. The van der Waals surface area contributed by atoms with Crippen molar-refractivity contribution in [3.05, 3.63) is 139 Å². The predicted molar refractivity (Wildman–Crippen MR) is 153 cm³/mol. The highest BCUT2D eigenvalue weighted by atomic mass is 35.5. The Morgan fingerprint density at radius 1 is 0.641 bits per heavy atom. The van der Waals surface area contributed by atoms with Crippen molar-refractivity contribution in [3.63, 3.8) is 0 Å². The second kappa shape index (κ2) is 9.85. The second-order valence-corrected chi connectivity index (χ2v) is 10.0. The Bertz CT molecular complexity index is 1790. The van der Waals surface area contributed by atoms with Crippen LogP contribution < -0.4 is 11.1 Å². The van der Waals surface area contributed by atoms with Gasteiger partial charge in [0.25, 0.3) is 11.1 Å². The summed E-state index contributed by atoms with van der Waals surface area (Å²) in [5, 5.41) is 12.1. The highest BCUT2D eigenvalue weighted by Gasteiger charge is 2.33. The van der Waals surface area contributed by atoms with Crippen LogP contribution in [0, 0.1) is 13.8 Å². The van der Waals surface area contributed by atoms with Gasteiger partial charge in [-0.05, 0) is 49.2 Å². The van der Waals surface area contributed by atoms with Crippen molar-refractivity contribution in [2.75, 3.05) is 0 Å². The van der Waals surface area contributed by atoms with Gasteiger partial charge in [0, 0.05) is 10.6 Å². The van der Waals surface area contributed by atoms with E-state index in [1.165, 1.54) is 0 Å². The van der Waals surface area contributed by atoms with Crippen LogP contribution in [0.4, 0.5) is 0 Å². The number of hydrogen-bond donors (Lipinski definition) is 4. The van der Waals surface area contributed by atoms with E-state index >= 15 is 0 Å². The Kier molecular flexibility index (Phi) is 6.21. The van der Waals surface area contributed by atoms with Gasteiger partial charge in [-0.15, -0.1) is 0 Å². The van der Waals surface area contributed by atoms with E-state index < -0.39 is 5.92 Å². The Hall–Kier alpha value is -4.75. The zero-order valence-corrected chi connectivity index (χ0v) is 22.0. The molecule has 0 radical (unpaired) electrons. The molecule has 7 nitrogen and oxygen atoms in total. The van der Waals surface area contributed by atoms with E-state index in [1.54, 1.807) is 18.2 Å². The van der Waals surface area contributed by atoms with Crippen molar-refractivity contribution >= 4 is 11.6 Å². The van der Waals surface area contributed by atoms with Crippen molar-refractivity contribution in [2.45, 2.75) is 19.8 Å². The molecule has 0 spiro atoms. The average molecular weight is 537 g/mol. The minimum atomic E-state index is -0.824. The van der Waals surface area contributed by atoms with E-state index in [1.807, 2.05) is 80.6 Å². The molecule has 6 aromatic rings. The highest BCUT2D eigenvalue weighted by molar-refractivity contribution is 6.30. The lowest BCUT2D eigenvalue weighted by atomic mass is 9.86. The molecule has 3 heterocycles. The molecule has 194 valence electrons. The van der Waals surface area contributed by atoms with E-state index in [0.29, 0.717) is 39.1 Å². The van der Waals surface area contributed by atoms with Gasteiger partial charge in [0.2, 0.25) is 0 Å². The normalized spacial score (nSPS) is 11.4. The molecule has 0 unspecified atom stereocenters. The fraction of sp³-hybridized carbons (Fsp3) is 0.0968. The molecule has 0 fully saturated rings. The number of halogens is 1. The number of hydrogen-bond acceptors (Lipinski definition) is 3. The number of aryl methyl sites for hydroxylation is 2. The molecule has 0 saturated heterocycles. The van der Waals surface area contributed by atoms with Crippen LogP contribution in [0.15, 0.2) is 98.9 Å². The van der Waals surface area contributed by atoms with Crippen molar-refractivity contribution in [1.82, 2.24) is 20.4 Å². The molecule has 0 amide bonds. The van der Waals surface area contributed by atoms with Gasteiger partial charge in [-0.1, -0.05) is 83.4 Å². The maximum atomic E-state index is 13.4. The van der Waals surface area contributed by atoms with Crippen LogP contribution in [0.2, 0.25) is 5.02 Å². The van der Waals surface area contributed by atoms with Crippen LogP contribution in [-0.2, 0) is 0 Å². The zero-order valence-electron chi connectivity index (χ0n) is 21.3. The molecule has 8 heteroatoms. The molecule has 0 atom stereocenters. The topological polar surface area (TPSA) is 110 Å². The number of aromatic amines is 4. The standard InChI is InChI=1S/C31H25ClN4O3/c1-17-6-10-19(11-7-17)28-26(30(37)35-33-28)25(24-15-14-23(39-24)21-4-3-5-22(32)16-21)27-29(34-36-31(27)38)20-12-8-18(2)9-13-20/h3-16,25H,1-2H3,(H2,33,35,37)(H2,34,36,38). The number of rotatable bonds is 6. The molecule has 4 N–H and O–H groups in total. The van der Waals surface area contributed by atoms with Gasteiger partial charge in [0.1, 0.15) is 11.5 Å². The molecule has 3 aromatic carbocycles. The van der Waals surface area contributed by atoms with Gasteiger partial charge in [0.05, 0.1) is 28.4 Å². The summed E-state index contributed by atoms with van der Waals surface area (Å²) in [6.07, 6.45) is 0. The monoisotopic (exact) mass is 536 g/mol. The summed E-state index contributed by atoms with van der Waals surface area (Å²) in [6, 6.07) is 26.6. The lowest BCUT2D eigenvalue weighted by Crippen LogP contribution is -2.19. The number of benzene rings is 3. The van der Waals surface area contributed by atoms with Crippen LogP contribution in [0.5, 0.6) is 0 Å². The number of aromatic nitrogens is 4. The first-order valence-corrected chi connectivity index (χ1v) is 12.9. The molecule has 6 rings (SSSR count). The van der Waals surface area contributed by atoms with E-state index in [2.05, 4.69) is 20.4 Å². The Labute approximate surface area is 228 Å². The molecular weight excluding hydrogens is 512 g/mol. The summed E-state index contributed by atoms with van der Waals surface area (Å²) in [4.78, 5) is 26.9. The molecule has 0 aliphatic carbocycles. The third-order valence-electron chi connectivity index (χ3n) is 6.91. The maximum Gasteiger partial charge on any atom is 0.268 e. The van der Waals surface area contributed by atoms with Gasteiger partial charge in [0.15, 0.2) is 0 Å². The van der Waals surface area contributed by atoms with E-state index in [-0.39, 0.29) is 11.1 Å². The van der Waals surface area contributed by atoms with Gasteiger partial charge in [-0.2, -0.15) is 0 Å². The van der Waals surface area contributed by atoms with Gasteiger partial charge in [-0.3, -0.25) is 30.0 Å². The second-order valence-electron chi connectivity index (χ2n) is 9.61. The first-order valence-electron chi connectivity index (χ1n) is 12.5. The third kappa shape index (κ3) is 4.57. The molecular formula is C31H25ClN4O3. The smallest absolute Gasteiger partial charge is 0.268 e. The number of nitrogens with one attached hydrogen (secondary N) is 4. The minimum absolute atomic E-state index is 0.341. The summed E-state index contributed by atoms with van der Waals surface area (Å²) >= 11 is 6.23. The minimum Gasteiger partial charge on any atom is -0.460 e. The zero-order chi connectivity index (χ0) is 27.1. The number of furan rings is 1. The molecule has 0 aliphatic rings. The summed E-state index contributed by atoms with van der Waals surface area (Å²) in [7, 11) is 0. The largest absolute Gasteiger partial charge is 0.460 e. The average Bonchev–Trinajstić information content (AvgIpc) is 3.66. The van der Waals surface area contributed by atoms with Crippen LogP contribution in [0.1, 0.15) is 33.9 Å². The first kappa shape index (κ1) is 24.6. The lowest BCUT2D eigenvalue weighted by Gasteiger charge is -2.15. The third-order valence-corrected chi connectivity index (χ3v) is 7.14. The molecule has 0 bridgehead atoms. The highest BCUT2D eigenvalue weighted by Crippen LogP contribution is 2.39. The van der Waals surface area contributed by atoms with Gasteiger partial charge >= 0.3 is 0 Å². The SMILES string of the molecule is Cc1ccc(-c2[nH][nH]c(=O)c2C(c2ccc(-c3cccc(Cl)c3)o2)c2c(-c3ccc(C)cc3)[nH][nH]c2=O)cc1. The summed E-state index contributed by atoms with van der Waals surface area (Å²) in [6.45, 7) is 4.00. The quantitative estimate of drug-likeness (QED) is 0.188. The predicted octanol–water partition coefficient (Wildman–Crippen LogP) is 6.76. The maximum absolute atomic E-state index is 13.4. The van der Waals surface area contributed by atoms with Crippen molar-refractivity contribution in [2.24, 2.45) is 0 Å². The number of H-pyrrole nitrogens is 4. The lowest BCUT2D eigenvalue weighted by molar-refractivity contribution is 0.515. The van der Waals surface area contributed by atoms with Crippen LogP contribution >= 0.6 is 11.6 Å². The van der Waals surface area contributed by atoms with E-state index in [4.69, 9.17) is 16.0 Å². The molecule has 39 heavy (non-hydrogen) atoms. The Balaban J connectivity index is 1.60. The van der Waals surface area contributed by atoms with Gasteiger partial charge in [-0.25, -0.2) is 0 Å². The molecule has 0 aliphatic heterocycles. The summed E-state index contributed by atoms with van der Waals surface area (Å²) in [5.74, 6) is 0.197. The van der Waals surface area contributed by atoms with Crippen molar-refractivity contribution in [1.29, 1.82) is 0 Å². The summed E-state index contributed by atoms with van der Waals surface area (Å²) < 4.78 is 6.37. The van der Waals surface area contributed by atoms with Crippen LogP contribution in [0.25, 0.3) is 33.8 Å². The Morgan fingerprint density at radius 3 is 1.69 bits per heavy atom. The van der Waals surface area contributed by atoms with E-state index in [0.717, 1.165) is 27.8 Å². The Morgan fingerprint density at radius 2 is 1.18 bits per heavy atom. The van der Waals surface area contributed by atoms with E-state index in [9.17, 15) is 9.59 Å². The summed E-state index contributed by atoms with van der Waals surface area (Å²) in [5.41, 5.74) is 5.84.